The summed E-state index contributed by atoms with van der Waals surface area (Å²) in [4.78, 5) is 21.1. The molecule has 3 aliphatic rings. The van der Waals surface area contributed by atoms with Gasteiger partial charge in [0.05, 0.1) is 0 Å². The summed E-state index contributed by atoms with van der Waals surface area (Å²) in [6, 6.07) is 17.7. The van der Waals surface area contributed by atoms with Crippen molar-refractivity contribution < 1.29 is 4.79 Å². The number of para-hydroxylation sites is 1. The molecule has 0 aromatic heterocycles. The van der Waals surface area contributed by atoms with Crippen LogP contribution in [0, 0.1) is 12.8 Å². The summed E-state index contributed by atoms with van der Waals surface area (Å²) in [5.41, 5.74) is 5.18. The Morgan fingerprint density at radius 3 is 2.47 bits per heavy atom. The van der Waals surface area contributed by atoms with Gasteiger partial charge in [-0.15, -0.1) is 0 Å². The zero-order chi connectivity index (χ0) is 21.9. The second-order valence-electron chi connectivity index (χ2n) is 9.99. The van der Waals surface area contributed by atoms with Crippen LogP contribution in [0.4, 0.5) is 11.4 Å². The number of hydrogen-bond acceptors (Lipinski definition) is 3. The molecule has 4 heteroatoms. The van der Waals surface area contributed by atoms with Gasteiger partial charge < -0.3 is 9.80 Å². The molecule has 170 valence electrons. The highest BCUT2D eigenvalue weighted by Gasteiger charge is 2.36. The topological polar surface area (TPSA) is 26.8 Å². The average molecular weight is 432 g/mol. The summed E-state index contributed by atoms with van der Waals surface area (Å²) in [5.74, 6) is 0.607. The van der Waals surface area contributed by atoms with Crippen molar-refractivity contribution in [3.05, 3.63) is 59.7 Å². The van der Waals surface area contributed by atoms with Crippen molar-refractivity contribution in [1.82, 2.24) is 4.90 Å². The third-order valence-corrected chi connectivity index (χ3v) is 7.76. The van der Waals surface area contributed by atoms with Gasteiger partial charge in [-0.05, 0) is 61.9 Å². The number of carbonyl (C=O) groups is 1. The van der Waals surface area contributed by atoms with Crippen molar-refractivity contribution in [2.75, 3.05) is 42.5 Å². The van der Waals surface area contributed by atoms with Crippen LogP contribution in [-0.4, -0.2) is 49.6 Å². The van der Waals surface area contributed by atoms with Crippen LogP contribution >= 0.6 is 0 Å². The zero-order valence-corrected chi connectivity index (χ0v) is 19.5. The number of aryl methyl sites for hydroxylation is 2. The molecule has 1 amide bonds. The van der Waals surface area contributed by atoms with Crippen LogP contribution in [-0.2, 0) is 11.2 Å². The standard InChI is InChI=1S/C28H37N3O/c1-22-8-7-12-25(20-22)30-18-16-29(17-19-30)21-26-15-14-23-9-5-6-13-27(23)31(26)28(32)24-10-3-2-4-11-24/h5-9,12-13,20,24,26H,2-4,10-11,14-19,21H2,1H3. The lowest BCUT2D eigenvalue weighted by Gasteiger charge is -2.43. The number of nitrogens with zero attached hydrogens (tertiary/aromatic N) is 3. The minimum absolute atomic E-state index is 0.218. The van der Waals surface area contributed by atoms with Crippen LogP contribution in [0.5, 0.6) is 0 Å². The molecule has 5 rings (SSSR count). The van der Waals surface area contributed by atoms with E-state index >= 15 is 0 Å². The van der Waals surface area contributed by atoms with Crippen molar-refractivity contribution in [3.63, 3.8) is 0 Å². The van der Waals surface area contributed by atoms with Crippen LogP contribution in [0.1, 0.15) is 49.7 Å². The van der Waals surface area contributed by atoms with Crippen LogP contribution < -0.4 is 9.80 Å². The van der Waals surface area contributed by atoms with Gasteiger partial charge >= 0.3 is 0 Å². The van der Waals surface area contributed by atoms with Crippen molar-refractivity contribution in [1.29, 1.82) is 0 Å². The molecule has 2 aliphatic heterocycles. The molecule has 1 aliphatic carbocycles. The number of piperazine rings is 1. The number of fused-ring (bicyclic) bond motifs is 1. The third kappa shape index (κ3) is 4.56. The summed E-state index contributed by atoms with van der Waals surface area (Å²) in [6.07, 6.45) is 7.99. The number of rotatable bonds is 4. The van der Waals surface area contributed by atoms with Gasteiger partial charge in [0.1, 0.15) is 0 Å². The number of benzene rings is 2. The minimum atomic E-state index is 0.218. The number of hydrogen-bond donors (Lipinski definition) is 0. The molecule has 0 spiro atoms. The molecule has 0 bridgehead atoms. The Hall–Kier alpha value is -2.33. The lowest BCUT2D eigenvalue weighted by molar-refractivity contribution is -0.124. The predicted octanol–water partition coefficient (Wildman–Crippen LogP) is 5.05. The summed E-state index contributed by atoms with van der Waals surface area (Å²) >= 11 is 0. The van der Waals surface area contributed by atoms with E-state index in [-0.39, 0.29) is 5.92 Å². The van der Waals surface area contributed by atoms with E-state index in [1.807, 2.05) is 0 Å². The van der Waals surface area contributed by atoms with Crippen LogP contribution in [0.25, 0.3) is 0 Å². The van der Waals surface area contributed by atoms with Crippen molar-refractivity contribution >= 4 is 17.3 Å². The number of carbonyl (C=O) groups excluding carboxylic acids is 1. The molecular formula is C28H37N3O. The molecular weight excluding hydrogens is 394 g/mol. The van der Waals surface area contributed by atoms with Gasteiger partial charge in [-0.25, -0.2) is 0 Å². The molecule has 2 heterocycles. The lowest BCUT2D eigenvalue weighted by atomic mass is 9.86. The Morgan fingerprint density at radius 2 is 1.69 bits per heavy atom. The number of amides is 1. The van der Waals surface area contributed by atoms with E-state index in [1.165, 1.54) is 41.8 Å². The quantitative estimate of drug-likeness (QED) is 0.678. The molecule has 0 radical (unpaired) electrons. The molecule has 2 aromatic carbocycles. The van der Waals surface area contributed by atoms with Crippen LogP contribution in [0.2, 0.25) is 0 Å². The maximum Gasteiger partial charge on any atom is 0.230 e. The summed E-state index contributed by atoms with van der Waals surface area (Å²) in [6.45, 7) is 7.41. The average Bonchev–Trinajstić information content (AvgIpc) is 2.84. The Balaban J connectivity index is 1.28. The van der Waals surface area contributed by atoms with Gasteiger partial charge in [0, 0.05) is 56.1 Å². The highest BCUT2D eigenvalue weighted by Crippen LogP contribution is 2.35. The van der Waals surface area contributed by atoms with Gasteiger partial charge in [0.15, 0.2) is 0 Å². The summed E-state index contributed by atoms with van der Waals surface area (Å²) < 4.78 is 0. The highest BCUT2D eigenvalue weighted by atomic mass is 16.2. The normalized spacial score (nSPS) is 22.6. The van der Waals surface area contributed by atoms with E-state index < -0.39 is 0 Å². The Kier molecular flexibility index (Phi) is 6.49. The molecule has 2 aromatic rings. The van der Waals surface area contributed by atoms with Crippen LogP contribution in [0.15, 0.2) is 48.5 Å². The van der Waals surface area contributed by atoms with Gasteiger partial charge in [-0.3, -0.25) is 9.69 Å². The second-order valence-corrected chi connectivity index (χ2v) is 9.99. The first-order valence-electron chi connectivity index (χ1n) is 12.6. The molecule has 2 fully saturated rings. The van der Waals surface area contributed by atoms with Crippen molar-refractivity contribution in [3.8, 4) is 0 Å². The van der Waals surface area contributed by atoms with Gasteiger partial charge in [0.2, 0.25) is 5.91 Å². The largest absolute Gasteiger partial charge is 0.369 e. The number of anilines is 2. The van der Waals surface area contributed by atoms with E-state index in [0.29, 0.717) is 11.9 Å². The first-order valence-corrected chi connectivity index (χ1v) is 12.6. The fourth-order valence-corrected chi connectivity index (χ4v) is 5.93. The Bertz CT molecular complexity index is 928. The molecule has 0 N–H and O–H groups in total. The molecule has 32 heavy (non-hydrogen) atoms. The van der Waals surface area contributed by atoms with E-state index in [9.17, 15) is 4.79 Å². The Morgan fingerprint density at radius 1 is 0.906 bits per heavy atom. The third-order valence-electron chi connectivity index (χ3n) is 7.76. The summed E-state index contributed by atoms with van der Waals surface area (Å²) in [7, 11) is 0. The molecule has 1 saturated heterocycles. The summed E-state index contributed by atoms with van der Waals surface area (Å²) in [5, 5.41) is 0. The van der Waals surface area contributed by atoms with Crippen molar-refractivity contribution in [2.24, 2.45) is 5.92 Å². The monoisotopic (exact) mass is 431 g/mol. The minimum Gasteiger partial charge on any atom is -0.369 e. The van der Waals surface area contributed by atoms with E-state index in [2.05, 4.69) is 70.2 Å². The second kappa shape index (κ2) is 9.66. The first-order chi connectivity index (χ1) is 15.7. The van der Waals surface area contributed by atoms with Crippen LogP contribution in [0.3, 0.4) is 0 Å². The molecule has 4 nitrogen and oxygen atoms in total. The van der Waals surface area contributed by atoms with E-state index in [1.54, 1.807) is 0 Å². The lowest BCUT2D eigenvalue weighted by Crippen LogP contribution is -2.55. The van der Waals surface area contributed by atoms with Crippen molar-refractivity contribution in [2.45, 2.75) is 57.9 Å². The molecule has 1 saturated carbocycles. The highest BCUT2D eigenvalue weighted by molar-refractivity contribution is 5.97. The Labute approximate surface area is 193 Å². The van der Waals surface area contributed by atoms with E-state index in [4.69, 9.17) is 0 Å². The SMILES string of the molecule is Cc1cccc(N2CCN(CC3CCc4ccccc4N3C(=O)C3CCCCC3)CC2)c1. The fourth-order valence-electron chi connectivity index (χ4n) is 5.93. The predicted molar refractivity (Wildman–Crippen MR) is 132 cm³/mol. The van der Waals surface area contributed by atoms with E-state index in [0.717, 1.165) is 58.4 Å². The zero-order valence-electron chi connectivity index (χ0n) is 19.5. The molecule has 1 unspecified atom stereocenters. The maximum atomic E-state index is 13.7. The fraction of sp³-hybridized carbons (Fsp3) is 0.536. The maximum absolute atomic E-state index is 13.7. The molecule has 1 atom stereocenters. The first kappa shape index (κ1) is 21.5. The van der Waals surface area contributed by atoms with Gasteiger partial charge in [0.25, 0.3) is 0 Å². The van der Waals surface area contributed by atoms with Gasteiger partial charge in [-0.1, -0.05) is 49.6 Å². The van der Waals surface area contributed by atoms with Gasteiger partial charge in [-0.2, -0.15) is 0 Å². The smallest absolute Gasteiger partial charge is 0.230 e.